The number of hydrogen-bond acceptors (Lipinski definition) is 6. The van der Waals surface area contributed by atoms with Crippen LogP contribution >= 0.6 is 0 Å². The fourth-order valence-electron chi connectivity index (χ4n) is 1.73. The van der Waals surface area contributed by atoms with Crippen LogP contribution in [0.1, 0.15) is 5.69 Å². The molecule has 112 valence electrons. The predicted molar refractivity (Wildman–Crippen MR) is 75.0 cm³/mol. The van der Waals surface area contributed by atoms with E-state index in [9.17, 15) is 18.5 Å². The average molecular weight is 311 g/mol. The normalized spacial score (nSPS) is 11.3. The molecule has 1 aromatic heterocycles. The van der Waals surface area contributed by atoms with Gasteiger partial charge >= 0.3 is 0 Å². The lowest BCUT2D eigenvalue weighted by atomic mass is 10.2. The van der Waals surface area contributed by atoms with Gasteiger partial charge in [0.05, 0.1) is 22.1 Å². The zero-order valence-electron chi connectivity index (χ0n) is 11.1. The number of anilines is 1. The molecule has 0 unspecified atom stereocenters. The maximum absolute atomic E-state index is 11.2. The van der Waals surface area contributed by atoms with Crippen LogP contribution in [0.25, 0.3) is 0 Å². The Labute approximate surface area is 120 Å². The Bertz CT molecular complexity index is 784. The summed E-state index contributed by atoms with van der Waals surface area (Å²) in [6, 6.07) is 5.21. The van der Waals surface area contributed by atoms with Crippen molar-refractivity contribution in [2.24, 2.45) is 12.2 Å². The van der Waals surface area contributed by atoms with E-state index in [2.05, 4.69) is 10.4 Å². The lowest BCUT2D eigenvalue weighted by Crippen LogP contribution is -2.13. The zero-order valence-corrected chi connectivity index (χ0v) is 11.9. The zero-order chi connectivity index (χ0) is 15.6. The van der Waals surface area contributed by atoms with E-state index in [0.717, 1.165) is 6.07 Å². The van der Waals surface area contributed by atoms with Crippen molar-refractivity contribution in [3.8, 4) is 0 Å². The number of primary sulfonamides is 1. The van der Waals surface area contributed by atoms with Gasteiger partial charge in [0, 0.05) is 19.3 Å². The highest BCUT2D eigenvalue weighted by Crippen LogP contribution is 2.27. The molecule has 0 aliphatic carbocycles. The van der Waals surface area contributed by atoms with Gasteiger partial charge in [-0.25, -0.2) is 13.6 Å². The Morgan fingerprint density at radius 1 is 1.43 bits per heavy atom. The van der Waals surface area contributed by atoms with E-state index in [1.807, 2.05) is 0 Å². The number of sulfonamides is 1. The third kappa shape index (κ3) is 3.55. The van der Waals surface area contributed by atoms with E-state index in [1.165, 1.54) is 12.1 Å². The Balaban J connectivity index is 2.28. The second-order valence-corrected chi connectivity index (χ2v) is 5.88. The summed E-state index contributed by atoms with van der Waals surface area (Å²) in [5, 5.41) is 23.0. The molecule has 0 radical (unpaired) electrons. The van der Waals surface area contributed by atoms with Crippen LogP contribution in [0.5, 0.6) is 0 Å². The Kier molecular flexibility index (Phi) is 3.91. The van der Waals surface area contributed by atoms with E-state index >= 15 is 0 Å². The molecule has 0 fully saturated rings. The maximum Gasteiger partial charge on any atom is 0.293 e. The van der Waals surface area contributed by atoms with Crippen molar-refractivity contribution in [2.75, 3.05) is 5.32 Å². The van der Waals surface area contributed by atoms with Crippen LogP contribution in [0.3, 0.4) is 0 Å². The minimum Gasteiger partial charge on any atom is -0.374 e. The fourth-order valence-corrected chi connectivity index (χ4v) is 2.27. The summed E-state index contributed by atoms with van der Waals surface area (Å²) < 4.78 is 24.1. The van der Waals surface area contributed by atoms with Gasteiger partial charge in [-0.2, -0.15) is 5.10 Å². The lowest BCUT2D eigenvalue weighted by molar-refractivity contribution is -0.384. The number of aromatic nitrogens is 2. The smallest absolute Gasteiger partial charge is 0.293 e. The molecule has 1 aromatic carbocycles. The van der Waals surface area contributed by atoms with Crippen LogP contribution < -0.4 is 10.5 Å². The standard InChI is InChI=1S/C11H13N5O4S/c1-15-5-4-8(14-15)7-13-10-3-2-9(21(12,19)20)6-11(10)16(17)18/h2-6,13H,7H2,1H3,(H2,12,19,20). The van der Waals surface area contributed by atoms with Crippen molar-refractivity contribution in [3.05, 3.63) is 46.3 Å². The third-order valence-electron chi connectivity index (χ3n) is 2.72. The summed E-state index contributed by atoms with van der Waals surface area (Å²) in [5.41, 5.74) is 0.526. The van der Waals surface area contributed by atoms with Gasteiger partial charge in [0.2, 0.25) is 10.0 Å². The van der Waals surface area contributed by atoms with Crippen molar-refractivity contribution in [1.82, 2.24) is 9.78 Å². The monoisotopic (exact) mass is 311 g/mol. The summed E-state index contributed by atoms with van der Waals surface area (Å²) in [4.78, 5) is 10.0. The van der Waals surface area contributed by atoms with Crippen molar-refractivity contribution in [2.45, 2.75) is 11.4 Å². The van der Waals surface area contributed by atoms with Gasteiger partial charge in [-0.3, -0.25) is 14.8 Å². The average Bonchev–Trinajstić information content (AvgIpc) is 2.80. The Morgan fingerprint density at radius 3 is 2.67 bits per heavy atom. The first-order chi connectivity index (χ1) is 9.77. The van der Waals surface area contributed by atoms with Crippen molar-refractivity contribution >= 4 is 21.4 Å². The van der Waals surface area contributed by atoms with Crippen molar-refractivity contribution in [1.29, 1.82) is 0 Å². The third-order valence-corrected chi connectivity index (χ3v) is 3.63. The number of nitrogens with one attached hydrogen (secondary N) is 1. The lowest BCUT2D eigenvalue weighted by Gasteiger charge is -2.07. The van der Waals surface area contributed by atoms with Gasteiger partial charge in [-0.1, -0.05) is 0 Å². The molecule has 0 spiro atoms. The molecule has 9 nitrogen and oxygen atoms in total. The van der Waals surface area contributed by atoms with Gasteiger partial charge in [0.25, 0.3) is 5.69 Å². The van der Waals surface area contributed by atoms with Crippen LogP contribution in [-0.4, -0.2) is 23.1 Å². The number of benzene rings is 1. The molecule has 0 bridgehead atoms. The summed E-state index contributed by atoms with van der Waals surface area (Å²) in [6.45, 7) is 0.274. The number of nitrogens with zero attached hydrogens (tertiary/aromatic N) is 3. The van der Waals surface area contributed by atoms with Crippen LogP contribution in [0.2, 0.25) is 0 Å². The highest BCUT2D eigenvalue weighted by molar-refractivity contribution is 7.89. The molecule has 2 rings (SSSR count). The number of rotatable bonds is 5. The molecule has 0 aliphatic rings. The summed E-state index contributed by atoms with van der Waals surface area (Å²) in [7, 11) is -2.23. The van der Waals surface area contributed by atoms with Gasteiger partial charge in [0.1, 0.15) is 5.69 Å². The van der Waals surface area contributed by atoms with E-state index in [0.29, 0.717) is 5.69 Å². The largest absolute Gasteiger partial charge is 0.374 e. The molecule has 1 heterocycles. The minimum atomic E-state index is -3.99. The highest BCUT2D eigenvalue weighted by atomic mass is 32.2. The number of nitro benzene ring substituents is 1. The second kappa shape index (κ2) is 5.50. The second-order valence-electron chi connectivity index (χ2n) is 4.32. The van der Waals surface area contributed by atoms with Gasteiger partial charge < -0.3 is 5.32 Å². The van der Waals surface area contributed by atoms with Crippen molar-refractivity contribution in [3.63, 3.8) is 0 Å². The Hall–Kier alpha value is -2.46. The summed E-state index contributed by atoms with van der Waals surface area (Å²) >= 11 is 0. The van der Waals surface area contributed by atoms with Crippen LogP contribution in [-0.2, 0) is 23.6 Å². The predicted octanol–water partition coefficient (Wildman–Crippen LogP) is 0.588. The first-order valence-electron chi connectivity index (χ1n) is 5.81. The quantitative estimate of drug-likeness (QED) is 0.613. The van der Waals surface area contributed by atoms with E-state index < -0.39 is 14.9 Å². The van der Waals surface area contributed by atoms with E-state index in [4.69, 9.17) is 5.14 Å². The minimum absolute atomic E-state index is 0.193. The van der Waals surface area contributed by atoms with Gasteiger partial charge in [-0.15, -0.1) is 0 Å². The first-order valence-corrected chi connectivity index (χ1v) is 7.35. The molecule has 0 saturated heterocycles. The molecule has 0 amide bonds. The molecule has 0 saturated carbocycles. The molecule has 21 heavy (non-hydrogen) atoms. The van der Waals surface area contributed by atoms with Crippen LogP contribution in [0, 0.1) is 10.1 Å². The number of aryl methyl sites for hydroxylation is 1. The Morgan fingerprint density at radius 2 is 2.14 bits per heavy atom. The molecule has 10 heteroatoms. The van der Waals surface area contributed by atoms with E-state index in [1.54, 1.807) is 24.0 Å². The highest BCUT2D eigenvalue weighted by Gasteiger charge is 2.19. The van der Waals surface area contributed by atoms with E-state index in [-0.39, 0.29) is 22.8 Å². The molecule has 0 aliphatic heterocycles. The molecule has 3 N–H and O–H groups in total. The molecule has 2 aromatic rings. The number of hydrogen-bond donors (Lipinski definition) is 2. The number of nitro groups is 1. The SMILES string of the molecule is Cn1ccc(CNc2ccc(S(N)(=O)=O)cc2[N+](=O)[O-])n1. The van der Waals surface area contributed by atoms with Gasteiger partial charge in [-0.05, 0) is 18.2 Å². The van der Waals surface area contributed by atoms with Gasteiger partial charge in [0.15, 0.2) is 0 Å². The van der Waals surface area contributed by atoms with Crippen LogP contribution in [0.15, 0.2) is 35.4 Å². The fraction of sp³-hybridized carbons (Fsp3) is 0.182. The topological polar surface area (TPSA) is 133 Å². The molecular weight excluding hydrogens is 298 g/mol. The summed E-state index contributed by atoms with van der Waals surface area (Å²) in [6.07, 6.45) is 1.75. The number of nitrogens with two attached hydrogens (primary N) is 1. The van der Waals surface area contributed by atoms with Crippen molar-refractivity contribution < 1.29 is 13.3 Å². The summed E-state index contributed by atoms with van der Waals surface area (Å²) in [5.74, 6) is 0. The van der Waals surface area contributed by atoms with Crippen LogP contribution in [0.4, 0.5) is 11.4 Å². The molecular formula is C11H13N5O4S. The first kappa shape index (κ1) is 14.9. The molecule has 0 atom stereocenters. The maximum atomic E-state index is 11.2.